The molecule has 2 aromatic carbocycles. The van der Waals surface area contributed by atoms with Crippen LogP contribution in [0.5, 0.6) is 11.5 Å². The van der Waals surface area contributed by atoms with Gasteiger partial charge in [-0.3, -0.25) is 9.59 Å². The van der Waals surface area contributed by atoms with Crippen molar-refractivity contribution in [3.05, 3.63) is 47.0 Å². The summed E-state index contributed by atoms with van der Waals surface area (Å²) in [5.74, 6) is 0.923. The van der Waals surface area contributed by atoms with Crippen molar-refractivity contribution in [2.24, 2.45) is 0 Å². The summed E-state index contributed by atoms with van der Waals surface area (Å²) in [6.45, 7) is 3.76. The van der Waals surface area contributed by atoms with Crippen molar-refractivity contribution in [3.8, 4) is 11.5 Å². The number of hydrogen-bond acceptors (Lipinski definition) is 4. The van der Waals surface area contributed by atoms with Crippen LogP contribution in [0.25, 0.3) is 0 Å². The van der Waals surface area contributed by atoms with E-state index >= 15 is 0 Å². The number of rotatable bonds is 8. The number of carbonyl (C=O) groups is 2. The summed E-state index contributed by atoms with van der Waals surface area (Å²) in [4.78, 5) is 23.4. The Morgan fingerprint density at radius 3 is 2.48 bits per heavy atom. The second-order valence-corrected chi connectivity index (χ2v) is 6.44. The molecule has 27 heavy (non-hydrogen) atoms. The number of benzene rings is 2. The molecule has 0 aliphatic heterocycles. The molecule has 2 aromatic rings. The summed E-state index contributed by atoms with van der Waals surface area (Å²) in [5, 5.41) is 6.14. The van der Waals surface area contributed by atoms with E-state index in [0.717, 1.165) is 11.3 Å². The lowest BCUT2D eigenvalue weighted by Gasteiger charge is -2.13. The third kappa shape index (κ3) is 6.49. The molecule has 0 aromatic heterocycles. The van der Waals surface area contributed by atoms with Crippen LogP contribution in [0, 0.1) is 6.92 Å². The molecular weight excluding hydrogens is 368 g/mol. The average molecular weight is 391 g/mol. The molecule has 0 aliphatic rings. The van der Waals surface area contributed by atoms with Crippen LogP contribution in [-0.2, 0) is 9.59 Å². The third-order valence-electron chi connectivity index (χ3n) is 3.74. The van der Waals surface area contributed by atoms with Gasteiger partial charge in [0.2, 0.25) is 11.8 Å². The molecule has 0 atom stereocenters. The number of hydrogen-bond donors (Lipinski definition) is 2. The van der Waals surface area contributed by atoms with Crippen LogP contribution in [0.3, 0.4) is 0 Å². The van der Waals surface area contributed by atoms with Crippen molar-refractivity contribution in [1.29, 1.82) is 0 Å². The molecule has 0 bridgehead atoms. The zero-order valence-electron chi connectivity index (χ0n) is 15.6. The quantitative estimate of drug-likeness (QED) is 0.654. The Morgan fingerprint density at radius 2 is 1.81 bits per heavy atom. The molecule has 0 heterocycles. The molecule has 0 saturated carbocycles. The minimum absolute atomic E-state index is 0.162. The van der Waals surface area contributed by atoms with Crippen LogP contribution in [0.1, 0.15) is 25.3 Å². The number of nitrogens with one attached hydrogen (secondary N) is 2. The maximum Gasteiger partial charge on any atom is 0.224 e. The molecule has 0 saturated heterocycles. The van der Waals surface area contributed by atoms with Gasteiger partial charge in [0, 0.05) is 24.1 Å². The minimum Gasteiger partial charge on any atom is -0.495 e. The van der Waals surface area contributed by atoms with Crippen molar-refractivity contribution in [3.63, 3.8) is 0 Å². The summed E-state index contributed by atoms with van der Waals surface area (Å²) in [5.41, 5.74) is 2.04. The normalized spacial score (nSPS) is 10.2. The van der Waals surface area contributed by atoms with Gasteiger partial charge in [0.25, 0.3) is 0 Å². The summed E-state index contributed by atoms with van der Waals surface area (Å²) in [6.07, 6.45) is 0.849. The fraction of sp³-hybridized carbons (Fsp3) is 0.300. The van der Waals surface area contributed by atoms with Gasteiger partial charge >= 0.3 is 0 Å². The van der Waals surface area contributed by atoms with Crippen LogP contribution in [0.15, 0.2) is 36.4 Å². The van der Waals surface area contributed by atoms with E-state index in [-0.39, 0.29) is 11.8 Å². The zero-order chi connectivity index (χ0) is 19.8. The van der Waals surface area contributed by atoms with E-state index in [1.54, 1.807) is 24.3 Å². The molecule has 0 aliphatic carbocycles. The van der Waals surface area contributed by atoms with Crippen LogP contribution < -0.4 is 20.1 Å². The molecular formula is C20H23ClN2O4. The third-order valence-corrected chi connectivity index (χ3v) is 3.97. The molecule has 2 N–H and O–H groups in total. The fourth-order valence-corrected chi connectivity index (χ4v) is 2.72. The van der Waals surface area contributed by atoms with Crippen molar-refractivity contribution in [2.45, 2.75) is 26.7 Å². The fourth-order valence-electron chi connectivity index (χ4n) is 2.49. The molecule has 2 amide bonds. The van der Waals surface area contributed by atoms with Crippen molar-refractivity contribution < 1.29 is 19.1 Å². The predicted octanol–water partition coefficient (Wildman–Crippen LogP) is 4.41. The highest BCUT2D eigenvalue weighted by molar-refractivity contribution is 6.30. The van der Waals surface area contributed by atoms with E-state index in [9.17, 15) is 9.59 Å². The van der Waals surface area contributed by atoms with Crippen LogP contribution in [0.4, 0.5) is 11.4 Å². The Labute approximate surface area is 163 Å². The molecule has 7 heteroatoms. The molecule has 0 radical (unpaired) electrons. The van der Waals surface area contributed by atoms with Crippen LogP contribution in [-0.4, -0.2) is 25.5 Å². The van der Waals surface area contributed by atoms with E-state index in [4.69, 9.17) is 21.1 Å². The lowest BCUT2D eigenvalue weighted by Crippen LogP contribution is -2.14. The summed E-state index contributed by atoms with van der Waals surface area (Å²) >= 11 is 5.92. The maximum absolute atomic E-state index is 12.2. The number of ether oxygens (including phenoxy) is 2. The first-order valence-corrected chi connectivity index (χ1v) is 8.91. The molecule has 6 nitrogen and oxygen atoms in total. The van der Waals surface area contributed by atoms with Gasteiger partial charge in [0.1, 0.15) is 11.5 Å². The lowest BCUT2D eigenvalue weighted by atomic mass is 10.2. The van der Waals surface area contributed by atoms with Gasteiger partial charge < -0.3 is 20.1 Å². The summed E-state index contributed by atoms with van der Waals surface area (Å²) in [6, 6.07) is 10.5. The topological polar surface area (TPSA) is 76.7 Å². The Hall–Kier alpha value is -2.73. The summed E-state index contributed by atoms with van der Waals surface area (Å²) < 4.78 is 10.9. The molecule has 144 valence electrons. The first kappa shape index (κ1) is 20.6. The van der Waals surface area contributed by atoms with Gasteiger partial charge in [0.05, 0.1) is 19.4 Å². The second-order valence-electron chi connectivity index (χ2n) is 6.01. The molecule has 0 unspecified atom stereocenters. The van der Waals surface area contributed by atoms with Gasteiger partial charge in [-0.1, -0.05) is 11.6 Å². The van der Waals surface area contributed by atoms with E-state index in [1.807, 2.05) is 19.1 Å². The highest BCUT2D eigenvalue weighted by atomic mass is 35.5. The van der Waals surface area contributed by atoms with Crippen molar-refractivity contribution in [1.82, 2.24) is 0 Å². The standard InChI is InChI=1S/C20H23ClN2O4/c1-13-11-15(21)6-8-18(13)27-10-4-5-20(25)23-17-12-16(22-14(2)24)7-9-19(17)26-3/h6-9,11-12H,4-5,10H2,1-3H3,(H,22,24)(H,23,25). The van der Waals surface area contributed by atoms with Gasteiger partial charge in [-0.15, -0.1) is 0 Å². The molecule has 0 fully saturated rings. The Morgan fingerprint density at radius 1 is 1.07 bits per heavy atom. The number of carbonyl (C=O) groups excluding carboxylic acids is 2. The highest BCUT2D eigenvalue weighted by Gasteiger charge is 2.10. The number of anilines is 2. The van der Waals surface area contributed by atoms with Gasteiger partial charge in [-0.25, -0.2) is 0 Å². The first-order valence-electron chi connectivity index (χ1n) is 8.53. The van der Waals surface area contributed by atoms with Gasteiger partial charge in [-0.2, -0.15) is 0 Å². The number of methoxy groups -OCH3 is 1. The van der Waals surface area contributed by atoms with Gasteiger partial charge in [-0.05, 0) is 55.3 Å². The van der Waals surface area contributed by atoms with Crippen LogP contribution in [0.2, 0.25) is 5.02 Å². The minimum atomic E-state index is -0.188. The Balaban J connectivity index is 1.86. The Kier molecular flexibility index (Phi) is 7.49. The number of amides is 2. The van der Waals surface area contributed by atoms with Crippen molar-refractivity contribution in [2.75, 3.05) is 24.4 Å². The molecule has 0 spiro atoms. The largest absolute Gasteiger partial charge is 0.495 e. The second kappa shape index (κ2) is 9.83. The van der Waals surface area contributed by atoms with E-state index in [2.05, 4.69) is 10.6 Å². The molecule has 2 rings (SSSR count). The van der Waals surface area contributed by atoms with E-state index in [0.29, 0.717) is 41.6 Å². The van der Waals surface area contributed by atoms with Crippen molar-refractivity contribution >= 4 is 34.8 Å². The highest BCUT2D eigenvalue weighted by Crippen LogP contribution is 2.28. The van der Waals surface area contributed by atoms with Crippen LogP contribution >= 0.6 is 11.6 Å². The summed E-state index contributed by atoms with van der Waals surface area (Å²) in [7, 11) is 1.52. The smallest absolute Gasteiger partial charge is 0.224 e. The predicted molar refractivity (Wildman–Crippen MR) is 107 cm³/mol. The monoisotopic (exact) mass is 390 g/mol. The first-order chi connectivity index (χ1) is 12.9. The number of halogens is 1. The van der Waals surface area contributed by atoms with E-state index < -0.39 is 0 Å². The van der Waals surface area contributed by atoms with E-state index in [1.165, 1.54) is 14.0 Å². The maximum atomic E-state index is 12.2. The van der Waals surface area contributed by atoms with Gasteiger partial charge in [0.15, 0.2) is 0 Å². The average Bonchev–Trinajstić information content (AvgIpc) is 2.60. The lowest BCUT2D eigenvalue weighted by molar-refractivity contribution is -0.116. The Bertz CT molecular complexity index is 824. The number of aryl methyl sites for hydroxylation is 1. The zero-order valence-corrected chi connectivity index (χ0v) is 16.4. The SMILES string of the molecule is COc1ccc(NC(C)=O)cc1NC(=O)CCCOc1ccc(Cl)cc1C.